The van der Waals surface area contributed by atoms with Crippen molar-refractivity contribution in [3.05, 3.63) is 54.1 Å². The van der Waals surface area contributed by atoms with Crippen molar-refractivity contribution in [2.24, 2.45) is 5.92 Å². The van der Waals surface area contributed by atoms with E-state index in [0.29, 0.717) is 25.6 Å². The first-order chi connectivity index (χ1) is 14.6. The van der Waals surface area contributed by atoms with Gasteiger partial charge in [-0.15, -0.1) is 0 Å². The molecule has 30 heavy (non-hydrogen) atoms. The molecule has 2 heterocycles. The van der Waals surface area contributed by atoms with Gasteiger partial charge in [0.05, 0.1) is 18.2 Å². The average molecular weight is 410 g/mol. The molecule has 2 saturated heterocycles. The quantitative estimate of drug-likeness (QED) is 0.787. The Labute approximate surface area is 178 Å². The van der Waals surface area contributed by atoms with Gasteiger partial charge in [-0.2, -0.15) is 0 Å². The molecular weight excluding hydrogens is 378 g/mol. The Hall–Kier alpha value is -2.76. The highest BCUT2D eigenvalue weighted by Crippen LogP contribution is 2.39. The number of urea groups is 1. The van der Waals surface area contributed by atoms with Gasteiger partial charge in [0.2, 0.25) is 0 Å². The molecule has 4 rings (SSSR count). The zero-order valence-corrected chi connectivity index (χ0v) is 17.6. The first kappa shape index (κ1) is 20.5. The van der Waals surface area contributed by atoms with Gasteiger partial charge in [0.25, 0.3) is 0 Å². The lowest BCUT2D eigenvalue weighted by Crippen LogP contribution is -2.69. The minimum Gasteiger partial charge on any atom is -0.449 e. The Morgan fingerprint density at radius 3 is 2.90 bits per heavy atom. The van der Waals surface area contributed by atoms with Gasteiger partial charge in [-0.05, 0) is 49.7 Å². The molecule has 3 amide bonds. The molecule has 2 aliphatic heterocycles. The van der Waals surface area contributed by atoms with Crippen LogP contribution in [-0.4, -0.2) is 48.3 Å². The number of hydrogen-bond acceptors (Lipinski definition) is 3. The highest BCUT2D eigenvalue weighted by Gasteiger charge is 2.49. The van der Waals surface area contributed by atoms with E-state index in [1.165, 1.54) is 11.1 Å². The number of cyclic esters (lactones) is 1. The van der Waals surface area contributed by atoms with Crippen LogP contribution < -0.4 is 10.6 Å². The molecule has 2 N–H and O–H groups in total. The van der Waals surface area contributed by atoms with Crippen molar-refractivity contribution in [2.45, 2.75) is 50.6 Å². The third kappa shape index (κ3) is 4.23. The molecule has 1 aliphatic carbocycles. The van der Waals surface area contributed by atoms with Crippen LogP contribution in [0.15, 0.2) is 48.6 Å². The predicted octanol–water partition coefficient (Wildman–Crippen LogP) is 4.10. The maximum absolute atomic E-state index is 12.9. The first-order valence-corrected chi connectivity index (χ1v) is 11.0. The van der Waals surface area contributed by atoms with Crippen molar-refractivity contribution >= 4 is 17.7 Å². The topological polar surface area (TPSA) is 70.7 Å². The lowest BCUT2D eigenvalue weighted by Gasteiger charge is -2.52. The summed E-state index contributed by atoms with van der Waals surface area (Å²) in [6.45, 7) is 3.65. The molecule has 160 valence electrons. The second-order valence-electron chi connectivity index (χ2n) is 8.46. The fourth-order valence-electron chi connectivity index (χ4n) is 5.16. The van der Waals surface area contributed by atoms with E-state index in [1.54, 1.807) is 0 Å². The molecule has 0 saturated carbocycles. The van der Waals surface area contributed by atoms with Crippen LogP contribution in [0.2, 0.25) is 0 Å². The number of alkyl carbamates (subject to hydrolysis) is 1. The number of amides is 3. The van der Waals surface area contributed by atoms with E-state index in [2.05, 4.69) is 53.1 Å². The average Bonchev–Trinajstić information content (AvgIpc) is 2.76. The zero-order valence-electron chi connectivity index (χ0n) is 17.6. The van der Waals surface area contributed by atoms with Crippen LogP contribution in [0.25, 0.3) is 5.57 Å². The number of likely N-dealkylation sites (tertiary alicyclic amines) is 1. The van der Waals surface area contributed by atoms with Crippen LogP contribution in [0.1, 0.15) is 44.6 Å². The standard InChI is InChI=1S/C24H31N3O3/c1-2-25-22(28)27-14-7-12-24(13-15-30-23(29)26-24)21(27)17-18-8-6-11-20(16-18)19-9-4-3-5-10-19/h3-6,8-11,18,21H,2,7,12-17H2,1H3,(H,25,28)(H,26,29). The second kappa shape index (κ2) is 8.94. The summed E-state index contributed by atoms with van der Waals surface area (Å²) >= 11 is 0. The number of hydrogen-bond donors (Lipinski definition) is 2. The minimum absolute atomic E-state index is 0.0408. The second-order valence-corrected chi connectivity index (χ2v) is 8.46. The van der Waals surface area contributed by atoms with Crippen LogP contribution in [0, 0.1) is 5.92 Å². The monoisotopic (exact) mass is 409 g/mol. The smallest absolute Gasteiger partial charge is 0.407 e. The van der Waals surface area contributed by atoms with Crippen molar-refractivity contribution in [3.63, 3.8) is 0 Å². The molecule has 1 aromatic carbocycles. The summed E-state index contributed by atoms with van der Waals surface area (Å²) < 4.78 is 5.17. The highest BCUT2D eigenvalue weighted by atomic mass is 16.6. The Morgan fingerprint density at radius 2 is 2.13 bits per heavy atom. The Bertz CT molecular complexity index is 831. The molecule has 6 heteroatoms. The number of allylic oxidation sites excluding steroid dienone is 4. The molecule has 2 fully saturated rings. The summed E-state index contributed by atoms with van der Waals surface area (Å²) in [6, 6.07) is 10.3. The van der Waals surface area contributed by atoms with Crippen LogP contribution >= 0.6 is 0 Å². The van der Waals surface area contributed by atoms with E-state index in [4.69, 9.17) is 4.74 Å². The van der Waals surface area contributed by atoms with E-state index in [0.717, 1.165) is 32.1 Å². The largest absolute Gasteiger partial charge is 0.449 e. The first-order valence-electron chi connectivity index (χ1n) is 11.0. The van der Waals surface area contributed by atoms with E-state index < -0.39 is 5.54 Å². The minimum atomic E-state index is -0.416. The van der Waals surface area contributed by atoms with Crippen LogP contribution in [0.5, 0.6) is 0 Å². The number of rotatable bonds is 4. The maximum Gasteiger partial charge on any atom is 0.407 e. The van der Waals surface area contributed by atoms with E-state index in [-0.39, 0.29) is 18.2 Å². The van der Waals surface area contributed by atoms with Crippen LogP contribution in [-0.2, 0) is 4.74 Å². The van der Waals surface area contributed by atoms with Gasteiger partial charge in [0, 0.05) is 19.5 Å². The van der Waals surface area contributed by atoms with Crippen molar-refractivity contribution in [1.82, 2.24) is 15.5 Å². The van der Waals surface area contributed by atoms with Gasteiger partial charge in [0.1, 0.15) is 0 Å². The van der Waals surface area contributed by atoms with Crippen molar-refractivity contribution in [3.8, 4) is 0 Å². The highest BCUT2D eigenvalue weighted by molar-refractivity contribution is 5.76. The lowest BCUT2D eigenvalue weighted by atomic mass is 9.73. The van der Waals surface area contributed by atoms with Crippen molar-refractivity contribution < 1.29 is 14.3 Å². The van der Waals surface area contributed by atoms with E-state index in [1.807, 2.05) is 17.9 Å². The molecule has 0 aromatic heterocycles. The molecular formula is C24H31N3O3. The number of nitrogens with one attached hydrogen (secondary N) is 2. The summed E-state index contributed by atoms with van der Waals surface area (Å²) in [5, 5.41) is 6.08. The SMILES string of the molecule is CCNC(=O)N1CCCC2(CCOC(=O)N2)C1CC1C=CC=C(c2ccccc2)C1. The molecule has 3 aliphatic rings. The summed E-state index contributed by atoms with van der Waals surface area (Å²) in [5.41, 5.74) is 2.14. The molecule has 6 nitrogen and oxygen atoms in total. The van der Waals surface area contributed by atoms with Crippen molar-refractivity contribution in [2.75, 3.05) is 19.7 Å². The Kier molecular flexibility index (Phi) is 6.11. The third-order valence-corrected chi connectivity index (χ3v) is 6.59. The normalized spacial score (nSPS) is 28.5. The fraction of sp³-hybridized carbons (Fsp3) is 0.500. The molecule has 0 bridgehead atoms. The van der Waals surface area contributed by atoms with Gasteiger partial charge < -0.3 is 20.3 Å². The molecule has 0 radical (unpaired) electrons. The summed E-state index contributed by atoms with van der Waals surface area (Å²) in [6.07, 6.45) is 10.4. The van der Waals surface area contributed by atoms with Crippen LogP contribution in [0.3, 0.4) is 0 Å². The lowest BCUT2D eigenvalue weighted by molar-refractivity contribution is 0.0110. The number of carbonyl (C=O) groups excluding carboxylic acids is 2. The van der Waals surface area contributed by atoms with E-state index in [9.17, 15) is 9.59 Å². The number of piperidine rings is 1. The third-order valence-electron chi connectivity index (χ3n) is 6.59. The molecule has 1 aromatic rings. The van der Waals surface area contributed by atoms with Gasteiger partial charge in [-0.3, -0.25) is 0 Å². The van der Waals surface area contributed by atoms with Gasteiger partial charge in [-0.25, -0.2) is 9.59 Å². The fourth-order valence-corrected chi connectivity index (χ4v) is 5.16. The predicted molar refractivity (Wildman–Crippen MR) is 117 cm³/mol. The van der Waals surface area contributed by atoms with E-state index >= 15 is 0 Å². The van der Waals surface area contributed by atoms with Crippen LogP contribution in [0.4, 0.5) is 9.59 Å². The summed E-state index contributed by atoms with van der Waals surface area (Å²) in [5.74, 6) is 0.307. The number of carbonyl (C=O) groups is 2. The number of benzene rings is 1. The molecule has 3 atom stereocenters. The summed E-state index contributed by atoms with van der Waals surface area (Å²) in [4.78, 5) is 27.0. The zero-order chi connectivity index (χ0) is 21.0. The van der Waals surface area contributed by atoms with Gasteiger partial charge in [-0.1, -0.05) is 48.6 Å². The Morgan fingerprint density at radius 1 is 1.30 bits per heavy atom. The molecule has 3 unspecified atom stereocenters. The number of ether oxygens (including phenoxy) is 1. The summed E-state index contributed by atoms with van der Waals surface area (Å²) in [7, 11) is 0. The van der Waals surface area contributed by atoms with Gasteiger partial charge in [0.15, 0.2) is 0 Å². The van der Waals surface area contributed by atoms with Gasteiger partial charge >= 0.3 is 12.1 Å². The Balaban J connectivity index is 1.57. The maximum atomic E-state index is 12.9. The number of nitrogens with zero attached hydrogens (tertiary/aromatic N) is 1. The van der Waals surface area contributed by atoms with Crippen molar-refractivity contribution in [1.29, 1.82) is 0 Å². The molecule has 1 spiro atoms.